The highest BCUT2D eigenvalue weighted by atomic mass is 31.1. The van der Waals surface area contributed by atoms with Crippen LogP contribution in [0.2, 0.25) is 0 Å². The highest BCUT2D eigenvalue weighted by Gasteiger charge is 2.16. The van der Waals surface area contributed by atoms with Crippen LogP contribution in [0.1, 0.15) is 26.3 Å². The fraction of sp³-hybridized carbons (Fsp3) is 0.217. The highest BCUT2D eigenvalue weighted by molar-refractivity contribution is 7.79. The Hall–Kier alpha value is -1.95. The molecule has 25 heavy (non-hydrogen) atoms. The van der Waals surface area contributed by atoms with Crippen molar-refractivity contribution in [2.45, 2.75) is 32.9 Å². The summed E-state index contributed by atoms with van der Waals surface area (Å²) < 4.78 is 0. The van der Waals surface area contributed by atoms with Crippen molar-refractivity contribution in [1.29, 1.82) is 0 Å². The van der Waals surface area contributed by atoms with Crippen LogP contribution < -0.4 is 21.2 Å². The maximum Gasteiger partial charge on any atom is 0.0210 e. The molecule has 0 amide bonds. The molecule has 0 bridgehead atoms. The van der Waals surface area contributed by atoms with Crippen LogP contribution in [0.4, 0.5) is 0 Å². The van der Waals surface area contributed by atoms with Gasteiger partial charge in [0.15, 0.2) is 0 Å². The molecule has 0 unspecified atom stereocenters. The monoisotopic (exact) mass is 347 g/mol. The summed E-state index contributed by atoms with van der Waals surface area (Å²) in [5.41, 5.74) is 1.46. The van der Waals surface area contributed by atoms with Gasteiger partial charge >= 0.3 is 0 Å². The molecule has 0 radical (unpaired) electrons. The quantitative estimate of drug-likeness (QED) is 0.677. The van der Waals surface area contributed by atoms with E-state index in [-0.39, 0.29) is 5.54 Å². The van der Waals surface area contributed by atoms with Crippen LogP contribution in [0.5, 0.6) is 0 Å². The standard InChI is InChI=1S/C23H26NP/c1-23(2,3)24-18-19-11-10-16-22(17-19)25(20-12-6-4-7-13-20)21-14-8-5-9-15-21/h4-17,24H,18H2,1-3H3. The Morgan fingerprint density at radius 3 is 1.72 bits per heavy atom. The van der Waals surface area contributed by atoms with Crippen LogP contribution in [0.25, 0.3) is 0 Å². The van der Waals surface area contributed by atoms with E-state index >= 15 is 0 Å². The van der Waals surface area contributed by atoms with Crippen molar-refractivity contribution in [3.05, 3.63) is 90.5 Å². The molecule has 1 nitrogen and oxygen atoms in total. The first-order valence-corrected chi connectivity index (χ1v) is 10.1. The van der Waals surface area contributed by atoms with E-state index in [1.54, 1.807) is 0 Å². The summed E-state index contributed by atoms with van der Waals surface area (Å²) in [5, 5.41) is 7.78. The topological polar surface area (TPSA) is 12.0 Å². The predicted molar refractivity (Wildman–Crippen MR) is 112 cm³/mol. The number of hydrogen-bond donors (Lipinski definition) is 1. The molecule has 3 aromatic carbocycles. The van der Waals surface area contributed by atoms with Gasteiger partial charge in [0.1, 0.15) is 0 Å². The molecular weight excluding hydrogens is 321 g/mol. The maximum absolute atomic E-state index is 3.59. The van der Waals surface area contributed by atoms with Crippen LogP contribution in [0.3, 0.4) is 0 Å². The van der Waals surface area contributed by atoms with E-state index in [9.17, 15) is 0 Å². The van der Waals surface area contributed by atoms with Gasteiger partial charge in [-0.25, -0.2) is 0 Å². The zero-order chi connectivity index (χ0) is 17.7. The fourth-order valence-corrected chi connectivity index (χ4v) is 5.14. The van der Waals surface area contributed by atoms with Crippen LogP contribution in [0, 0.1) is 0 Å². The minimum atomic E-state index is -0.529. The molecule has 0 aromatic heterocycles. The second-order valence-corrected chi connectivity index (χ2v) is 9.50. The van der Waals surface area contributed by atoms with E-state index in [0.29, 0.717) is 0 Å². The van der Waals surface area contributed by atoms with E-state index in [1.807, 2.05) is 0 Å². The normalized spacial score (nSPS) is 11.7. The second kappa shape index (κ2) is 7.95. The highest BCUT2D eigenvalue weighted by Crippen LogP contribution is 2.32. The molecule has 0 saturated carbocycles. The van der Waals surface area contributed by atoms with Gasteiger partial charge in [0.2, 0.25) is 0 Å². The lowest BCUT2D eigenvalue weighted by molar-refractivity contribution is 0.424. The van der Waals surface area contributed by atoms with Gasteiger partial charge in [0, 0.05) is 12.1 Å². The van der Waals surface area contributed by atoms with Crippen LogP contribution in [0.15, 0.2) is 84.9 Å². The minimum Gasteiger partial charge on any atom is -0.308 e. The average molecular weight is 347 g/mol. The summed E-state index contributed by atoms with van der Waals surface area (Å²) in [6, 6.07) is 30.8. The van der Waals surface area contributed by atoms with E-state index in [1.165, 1.54) is 21.5 Å². The number of benzene rings is 3. The molecule has 3 aromatic rings. The molecular formula is C23H26NP. The molecule has 0 saturated heterocycles. The van der Waals surface area contributed by atoms with Crippen molar-refractivity contribution in [2.24, 2.45) is 0 Å². The molecule has 0 atom stereocenters. The lowest BCUT2D eigenvalue weighted by Crippen LogP contribution is -2.35. The number of rotatable bonds is 5. The first-order chi connectivity index (χ1) is 12.0. The van der Waals surface area contributed by atoms with Gasteiger partial charge in [-0.15, -0.1) is 0 Å². The third-order valence-electron chi connectivity index (χ3n) is 4.02. The summed E-state index contributed by atoms with van der Waals surface area (Å²) in [6.45, 7) is 7.51. The summed E-state index contributed by atoms with van der Waals surface area (Å²) in [5.74, 6) is 0. The van der Waals surface area contributed by atoms with Gasteiger partial charge in [-0.3, -0.25) is 0 Å². The molecule has 0 aliphatic heterocycles. The lowest BCUT2D eigenvalue weighted by atomic mass is 10.1. The zero-order valence-electron chi connectivity index (χ0n) is 15.2. The zero-order valence-corrected chi connectivity index (χ0v) is 16.1. The average Bonchev–Trinajstić information content (AvgIpc) is 2.62. The molecule has 3 rings (SSSR count). The summed E-state index contributed by atoms with van der Waals surface area (Å²) >= 11 is 0. The SMILES string of the molecule is CC(C)(C)NCc1cccc(P(c2ccccc2)c2ccccc2)c1. The van der Waals surface area contributed by atoms with Crippen LogP contribution in [-0.2, 0) is 6.54 Å². The van der Waals surface area contributed by atoms with E-state index in [4.69, 9.17) is 0 Å². The predicted octanol–water partition coefficient (Wildman–Crippen LogP) is 4.33. The molecule has 0 fully saturated rings. The molecule has 0 heterocycles. The molecule has 1 N–H and O–H groups in total. The lowest BCUT2D eigenvalue weighted by Gasteiger charge is -2.22. The van der Waals surface area contributed by atoms with E-state index in [2.05, 4.69) is 111 Å². The molecule has 0 aliphatic carbocycles. The summed E-state index contributed by atoms with van der Waals surface area (Å²) in [7, 11) is -0.529. The number of nitrogens with one attached hydrogen (secondary N) is 1. The van der Waals surface area contributed by atoms with Crippen molar-refractivity contribution >= 4 is 23.8 Å². The van der Waals surface area contributed by atoms with Crippen molar-refractivity contribution in [3.8, 4) is 0 Å². The Balaban J connectivity index is 1.97. The summed E-state index contributed by atoms with van der Waals surface area (Å²) in [4.78, 5) is 0. The van der Waals surface area contributed by atoms with E-state index < -0.39 is 7.92 Å². The van der Waals surface area contributed by atoms with E-state index in [0.717, 1.165) is 6.54 Å². The van der Waals surface area contributed by atoms with Crippen LogP contribution in [-0.4, -0.2) is 5.54 Å². The van der Waals surface area contributed by atoms with Gasteiger partial charge < -0.3 is 5.32 Å². The second-order valence-electron chi connectivity index (χ2n) is 7.28. The third kappa shape index (κ3) is 5.01. The Morgan fingerprint density at radius 2 is 1.20 bits per heavy atom. The largest absolute Gasteiger partial charge is 0.308 e. The maximum atomic E-state index is 3.59. The van der Waals surface area contributed by atoms with Gasteiger partial charge in [-0.1, -0.05) is 78.9 Å². The Labute approximate surface area is 152 Å². The molecule has 2 heteroatoms. The summed E-state index contributed by atoms with van der Waals surface area (Å²) in [6.07, 6.45) is 0. The number of hydrogen-bond acceptors (Lipinski definition) is 1. The van der Waals surface area contributed by atoms with Crippen molar-refractivity contribution in [3.63, 3.8) is 0 Å². The van der Waals surface area contributed by atoms with Gasteiger partial charge in [-0.05, 0) is 56.2 Å². The molecule has 0 spiro atoms. The Kier molecular flexibility index (Phi) is 5.68. The van der Waals surface area contributed by atoms with Gasteiger partial charge in [-0.2, -0.15) is 0 Å². The minimum absolute atomic E-state index is 0.125. The fourth-order valence-electron chi connectivity index (χ4n) is 2.77. The smallest absolute Gasteiger partial charge is 0.0210 e. The first-order valence-electron chi connectivity index (χ1n) is 8.77. The first kappa shape index (κ1) is 17.9. The van der Waals surface area contributed by atoms with Gasteiger partial charge in [0.25, 0.3) is 0 Å². The molecule has 128 valence electrons. The third-order valence-corrected chi connectivity index (χ3v) is 6.44. The Bertz CT molecular complexity index is 752. The van der Waals surface area contributed by atoms with Crippen LogP contribution >= 0.6 is 7.92 Å². The van der Waals surface area contributed by atoms with Crippen molar-refractivity contribution in [2.75, 3.05) is 0 Å². The Morgan fingerprint density at radius 1 is 0.680 bits per heavy atom. The van der Waals surface area contributed by atoms with Crippen molar-refractivity contribution in [1.82, 2.24) is 5.32 Å². The van der Waals surface area contributed by atoms with Crippen molar-refractivity contribution < 1.29 is 0 Å². The van der Waals surface area contributed by atoms with Gasteiger partial charge in [0.05, 0.1) is 0 Å². The molecule has 0 aliphatic rings.